The molecule has 1 heterocycles. The van der Waals surface area contributed by atoms with Crippen LogP contribution in [0, 0.1) is 0 Å². The highest BCUT2D eigenvalue weighted by Crippen LogP contribution is 2.37. The maximum absolute atomic E-state index is 12.9. The van der Waals surface area contributed by atoms with Gasteiger partial charge in [-0.25, -0.2) is 8.42 Å². The number of rotatable bonds is 7. The van der Waals surface area contributed by atoms with E-state index in [2.05, 4.69) is 9.62 Å². The predicted molar refractivity (Wildman–Crippen MR) is 113 cm³/mol. The molecule has 0 aromatic heterocycles. The van der Waals surface area contributed by atoms with Crippen molar-refractivity contribution in [2.75, 3.05) is 39.1 Å². The van der Waals surface area contributed by atoms with Crippen molar-refractivity contribution >= 4 is 38.9 Å². The van der Waals surface area contributed by atoms with Crippen LogP contribution in [0.2, 0.25) is 10.0 Å². The van der Waals surface area contributed by atoms with Crippen molar-refractivity contribution in [2.24, 2.45) is 0 Å². The lowest BCUT2D eigenvalue weighted by Crippen LogP contribution is -2.21. The van der Waals surface area contributed by atoms with Crippen molar-refractivity contribution in [3.8, 4) is 17.2 Å². The fourth-order valence-corrected chi connectivity index (χ4v) is 4.82. The van der Waals surface area contributed by atoms with Gasteiger partial charge in [-0.15, -0.1) is 0 Å². The summed E-state index contributed by atoms with van der Waals surface area (Å²) in [6.45, 7) is 1.72. The molecule has 7 nitrogen and oxygen atoms in total. The summed E-state index contributed by atoms with van der Waals surface area (Å²) in [7, 11) is 0.883. The number of anilines is 1. The van der Waals surface area contributed by atoms with Gasteiger partial charge in [-0.1, -0.05) is 23.2 Å². The Morgan fingerprint density at radius 3 is 2.34 bits per heavy atom. The highest BCUT2D eigenvalue weighted by atomic mass is 35.5. The lowest BCUT2D eigenvalue weighted by Gasteiger charge is -2.17. The molecule has 2 aromatic rings. The van der Waals surface area contributed by atoms with Crippen LogP contribution in [0.4, 0.5) is 5.69 Å². The predicted octanol–water partition coefficient (Wildman–Crippen LogP) is 3.89. The van der Waals surface area contributed by atoms with E-state index in [1.807, 2.05) is 7.05 Å². The Hall–Kier alpha value is -1.87. The molecule has 1 fully saturated rings. The Kier molecular flexibility index (Phi) is 6.68. The van der Waals surface area contributed by atoms with Gasteiger partial charge in [-0.05, 0) is 25.6 Å². The molecular formula is C19H22Cl2N2O5S. The minimum Gasteiger partial charge on any atom is -0.493 e. The Bertz CT molecular complexity index is 1000. The number of hydrogen-bond acceptors (Lipinski definition) is 6. The zero-order valence-corrected chi connectivity index (χ0v) is 18.6. The number of ether oxygens (including phenoxy) is 3. The average molecular weight is 461 g/mol. The first-order chi connectivity index (χ1) is 13.7. The SMILES string of the molecule is COc1cc(Cl)c(S(=O)(=O)Nc2ccc(Cl)c(O[C@@H]3CCN(C)C3)c2)cc1OC. The van der Waals surface area contributed by atoms with Crippen molar-refractivity contribution in [3.63, 3.8) is 0 Å². The number of sulfonamides is 1. The largest absolute Gasteiger partial charge is 0.493 e. The quantitative estimate of drug-likeness (QED) is 0.674. The lowest BCUT2D eigenvalue weighted by molar-refractivity contribution is 0.208. The van der Waals surface area contributed by atoms with Gasteiger partial charge in [-0.2, -0.15) is 0 Å². The summed E-state index contributed by atoms with van der Waals surface area (Å²) in [6, 6.07) is 7.41. The number of hydrogen-bond donors (Lipinski definition) is 1. The Morgan fingerprint density at radius 2 is 1.72 bits per heavy atom. The zero-order valence-electron chi connectivity index (χ0n) is 16.2. The highest BCUT2D eigenvalue weighted by Gasteiger charge is 2.24. The van der Waals surface area contributed by atoms with Gasteiger partial charge in [0, 0.05) is 31.3 Å². The molecule has 1 N–H and O–H groups in total. The van der Waals surface area contributed by atoms with Gasteiger partial charge >= 0.3 is 0 Å². The molecule has 2 aromatic carbocycles. The lowest BCUT2D eigenvalue weighted by atomic mass is 10.3. The molecule has 3 rings (SSSR count). The van der Waals surface area contributed by atoms with Gasteiger partial charge in [0.05, 0.1) is 30.0 Å². The summed E-state index contributed by atoms with van der Waals surface area (Å²) < 4.78 is 44.6. The van der Waals surface area contributed by atoms with Crippen molar-refractivity contribution in [1.29, 1.82) is 0 Å². The van der Waals surface area contributed by atoms with Crippen LogP contribution in [-0.2, 0) is 10.0 Å². The molecule has 0 aliphatic carbocycles. The molecule has 0 unspecified atom stereocenters. The second-order valence-electron chi connectivity index (χ2n) is 6.68. The van der Waals surface area contributed by atoms with Gasteiger partial charge < -0.3 is 19.1 Å². The standard InChI is InChI=1S/C19H22Cl2N2O5S/c1-23-7-6-13(11-23)28-16-8-12(4-5-14(16)20)22-29(24,25)19-10-18(27-3)17(26-2)9-15(19)21/h4-5,8-10,13,22H,6-7,11H2,1-3H3/t13-/m1/s1. The molecule has 1 aliphatic rings. The minimum atomic E-state index is -3.99. The van der Waals surface area contributed by atoms with E-state index in [0.29, 0.717) is 22.2 Å². The van der Waals surface area contributed by atoms with Crippen molar-refractivity contribution in [3.05, 3.63) is 40.4 Å². The molecule has 0 spiro atoms. The van der Waals surface area contributed by atoms with Crippen molar-refractivity contribution < 1.29 is 22.6 Å². The van der Waals surface area contributed by atoms with Crippen LogP contribution in [0.3, 0.4) is 0 Å². The summed E-state index contributed by atoms with van der Waals surface area (Å²) in [5.41, 5.74) is 0.307. The number of likely N-dealkylation sites (N-methyl/N-ethyl adjacent to an activating group) is 1. The van der Waals surface area contributed by atoms with Crippen LogP contribution < -0.4 is 18.9 Å². The van der Waals surface area contributed by atoms with E-state index in [9.17, 15) is 8.42 Å². The molecule has 158 valence electrons. The smallest absolute Gasteiger partial charge is 0.263 e. The first-order valence-electron chi connectivity index (χ1n) is 8.82. The van der Waals surface area contributed by atoms with Crippen LogP contribution >= 0.6 is 23.2 Å². The van der Waals surface area contributed by atoms with Gasteiger partial charge in [0.1, 0.15) is 16.7 Å². The van der Waals surface area contributed by atoms with E-state index in [1.54, 1.807) is 18.2 Å². The van der Waals surface area contributed by atoms with Crippen molar-refractivity contribution in [2.45, 2.75) is 17.4 Å². The van der Waals surface area contributed by atoms with E-state index >= 15 is 0 Å². The molecule has 0 amide bonds. The van der Waals surface area contributed by atoms with Crippen LogP contribution in [0.15, 0.2) is 35.2 Å². The Morgan fingerprint density at radius 1 is 1.03 bits per heavy atom. The molecule has 0 radical (unpaired) electrons. The third-order valence-corrected chi connectivity index (χ3v) is 6.71. The van der Waals surface area contributed by atoms with E-state index < -0.39 is 10.0 Å². The summed E-state index contributed by atoms with van der Waals surface area (Å²) in [6.07, 6.45) is 0.883. The normalized spacial score (nSPS) is 17.2. The molecule has 29 heavy (non-hydrogen) atoms. The van der Waals surface area contributed by atoms with E-state index in [-0.39, 0.29) is 21.8 Å². The maximum Gasteiger partial charge on any atom is 0.263 e. The molecule has 0 bridgehead atoms. The second-order valence-corrected chi connectivity index (χ2v) is 9.14. The fourth-order valence-electron chi connectivity index (χ4n) is 3.08. The first-order valence-corrected chi connectivity index (χ1v) is 11.1. The van der Waals surface area contributed by atoms with Crippen LogP contribution in [0.5, 0.6) is 17.2 Å². The maximum atomic E-state index is 12.9. The number of halogens is 2. The Balaban J connectivity index is 1.86. The first kappa shape index (κ1) is 21.8. The summed E-state index contributed by atoms with van der Waals surface area (Å²) in [4.78, 5) is 2.02. The number of benzene rings is 2. The Labute approximate surface area is 180 Å². The minimum absolute atomic E-state index is 0.00431. The van der Waals surface area contributed by atoms with Gasteiger partial charge in [0.25, 0.3) is 10.0 Å². The third kappa shape index (κ3) is 5.01. The van der Waals surface area contributed by atoms with Crippen molar-refractivity contribution in [1.82, 2.24) is 4.90 Å². The average Bonchev–Trinajstić information content (AvgIpc) is 3.08. The van der Waals surface area contributed by atoms with E-state index in [1.165, 1.54) is 26.4 Å². The number of likely N-dealkylation sites (tertiary alicyclic amines) is 1. The molecule has 1 atom stereocenters. The van der Waals surface area contributed by atoms with Crippen LogP contribution in [0.1, 0.15) is 6.42 Å². The van der Waals surface area contributed by atoms with E-state index in [4.69, 9.17) is 37.4 Å². The summed E-state index contributed by atoms with van der Waals surface area (Å²) in [5, 5.41) is 0.418. The molecule has 1 aliphatic heterocycles. The molecule has 0 saturated carbocycles. The number of nitrogens with one attached hydrogen (secondary N) is 1. The van der Waals surface area contributed by atoms with Gasteiger partial charge in [-0.3, -0.25) is 4.72 Å². The zero-order chi connectivity index (χ0) is 21.2. The monoisotopic (exact) mass is 460 g/mol. The molecular weight excluding hydrogens is 439 g/mol. The topological polar surface area (TPSA) is 77.1 Å². The fraction of sp³-hybridized carbons (Fsp3) is 0.368. The second kappa shape index (κ2) is 8.87. The van der Waals surface area contributed by atoms with Crippen LogP contribution in [0.25, 0.3) is 0 Å². The van der Waals surface area contributed by atoms with Gasteiger partial charge in [0.15, 0.2) is 11.5 Å². The molecule has 10 heteroatoms. The van der Waals surface area contributed by atoms with E-state index in [0.717, 1.165) is 19.5 Å². The third-order valence-electron chi connectivity index (χ3n) is 4.55. The van der Waals surface area contributed by atoms with Gasteiger partial charge in [0.2, 0.25) is 0 Å². The van der Waals surface area contributed by atoms with Crippen LogP contribution in [-0.4, -0.2) is 53.8 Å². The summed E-state index contributed by atoms with van der Waals surface area (Å²) in [5.74, 6) is 1.01. The highest BCUT2D eigenvalue weighted by molar-refractivity contribution is 7.92. The summed E-state index contributed by atoms with van der Waals surface area (Å²) >= 11 is 12.4. The number of methoxy groups -OCH3 is 2. The number of nitrogens with zero attached hydrogens (tertiary/aromatic N) is 1. The molecule has 1 saturated heterocycles.